The van der Waals surface area contributed by atoms with Crippen LogP contribution in [0.2, 0.25) is 0 Å². The van der Waals surface area contributed by atoms with Crippen LogP contribution in [0.1, 0.15) is 76.9 Å². The number of aryl methyl sites for hydroxylation is 2. The van der Waals surface area contributed by atoms with Crippen molar-refractivity contribution in [2.24, 2.45) is 0 Å². The van der Waals surface area contributed by atoms with Gasteiger partial charge in [0.15, 0.2) is 5.13 Å². The maximum atomic E-state index is 13.7. The molecule has 3 aromatic carbocycles. The highest BCUT2D eigenvalue weighted by Crippen LogP contribution is 2.44. The Morgan fingerprint density at radius 2 is 1.64 bits per heavy atom. The predicted octanol–water partition coefficient (Wildman–Crippen LogP) is 7.70. The van der Waals surface area contributed by atoms with E-state index in [-0.39, 0.29) is 33.4 Å². The third-order valence-corrected chi connectivity index (χ3v) is 8.87. The van der Waals surface area contributed by atoms with E-state index < -0.39 is 29.7 Å². The number of ether oxygens (including phenoxy) is 2. The first kappa shape index (κ1) is 37.3. The van der Waals surface area contributed by atoms with E-state index in [9.17, 15) is 19.5 Å². The summed E-state index contributed by atoms with van der Waals surface area (Å²) < 4.78 is 11.2. The second-order valence-corrected chi connectivity index (χ2v) is 13.6. The zero-order chi connectivity index (χ0) is 36.7. The lowest BCUT2D eigenvalue weighted by Crippen LogP contribution is -2.29. The zero-order valence-corrected chi connectivity index (χ0v) is 29.7. The molecular formula is C39H40N2O8S. The number of anilines is 1. The Hall–Kier alpha value is -5.55. The van der Waals surface area contributed by atoms with Gasteiger partial charge in [0, 0.05) is 12.5 Å². The number of hydrogen-bond acceptors (Lipinski definition) is 9. The van der Waals surface area contributed by atoms with E-state index in [0.29, 0.717) is 29.2 Å². The number of aliphatic carboxylic acids is 1. The van der Waals surface area contributed by atoms with E-state index in [2.05, 4.69) is 32.3 Å². The Kier molecular flexibility index (Phi) is 11.8. The van der Waals surface area contributed by atoms with Gasteiger partial charge in [0.1, 0.15) is 29.6 Å². The maximum Gasteiger partial charge on any atom is 0.350 e. The first-order chi connectivity index (χ1) is 23.6. The van der Waals surface area contributed by atoms with Gasteiger partial charge in [-0.1, -0.05) is 99.4 Å². The fourth-order valence-corrected chi connectivity index (χ4v) is 6.22. The molecule has 0 saturated carbocycles. The number of thiazole rings is 1. The molecule has 4 aromatic rings. The number of amides is 1. The molecule has 2 heterocycles. The van der Waals surface area contributed by atoms with Gasteiger partial charge in [-0.25, -0.2) is 9.78 Å². The van der Waals surface area contributed by atoms with Crippen LogP contribution in [-0.2, 0) is 31.1 Å². The number of nitrogens with zero attached hydrogens (tertiary/aromatic N) is 2. The number of hydrogen-bond donors (Lipinski definition) is 2. The minimum absolute atomic E-state index is 0.0195. The first-order valence-corrected chi connectivity index (χ1v) is 16.6. The van der Waals surface area contributed by atoms with Crippen molar-refractivity contribution in [3.05, 3.63) is 129 Å². The van der Waals surface area contributed by atoms with Gasteiger partial charge in [-0.05, 0) is 59.7 Å². The molecule has 0 radical (unpaired) electrons. The van der Waals surface area contributed by atoms with Gasteiger partial charge in [-0.15, -0.1) is 0 Å². The van der Waals surface area contributed by atoms with Crippen LogP contribution in [0.15, 0.2) is 91.0 Å². The summed E-state index contributed by atoms with van der Waals surface area (Å²) in [5.41, 5.74) is 3.95. The third kappa shape index (κ3) is 8.53. The molecule has 0 spiro atoms. The van der Waals surface area contributed by atoms with Crippen molar-refractivity contribution >= 4 is 45.9 Å². The maximum absolute atomic E-state index is 13.7. The first-order valence-electron chi connectivity index (χ1n) is 15.8. The monoisotopic (exact) mass is 696 g/mol. The Labute approximate surface area is 295 Å². The topological polar surface area (TPSA) is 143 Å². The lowest BCUT2D eigenvalue weighted by molar-refractivity contribution is -0.134. The number of carboxylic acid groups (broad SMARTS) is 1. The third-order valence-electron chi connectivity index (χ3n) is 7.73. The molecule has 1 aliphatic heterocycles. The number of Topliss-reactive ketones (excluding diaryl/α,β-unsaturated/α-hetero) is 1. The molecule has 0 bridgehead atoms. The fraction of sp³-hybridized carbons (Fsp3) is 0.256. The summed E-state index contributed by atoms with van der Waals surface area (Å²) in [5.74, 6) is -2.83. The van der Waals surface area contributed by atoms with Crippen LogP contribution in [0.4, 0.5) is 5.13 Å². The number of aromatic nitrogens is 1. The molecule has 0 aliphatic carbocycles. The standard InChI is InChI=1S/C37H36N2O6S.C2H4O2/c1-7-19-44-35(43)33-23(3)38-36(46-33)39-30(25-13-16-27(17-14-25)37(4,5)6)29(32(41)34(39)42)31(40)26-15-18-28(22(2)20-26)45-21-24-11-9-8-10-12-24;1-2(3)4/h7-18,20,30,40H,1,19,21H2,2-6H3;1H3,(H,3,4)/b31-29+;. The van der Waals surface area contributed by atoms with Crippen LogP contribution >= 0.6 is 11.3 Å². The Bertz CT molecular complexity index is 1930. The molecule has 10 nitrogen and oxygen atoms in total. The lowest BCUT2D eigenvalue weighted by Gasteiger charge is -2.25. The minimum Gasteiger partial charge on any atom is -0.507 e. The van der Waals surface area contributed by atoms with Crippen LogP contribution in [0.5, 0.6) is 5.75 Å². The van der Waals surface area contributed by atoms with Gasteiger partial charge in [0.05, 0.1) is 17.3 Å². The molecule has 1 saturated heterocycles. The van der Waals surface area contributed by atoms with Crippen LogP contribution in [0.3, 0.4) is 0 Å². The SMILES string of the molecule is C=CCOC(=O)c1sc(N2C(=O)C(=O)/C(=C(/O)c3ccc(OCc4ccccc4)c(C)c3)C2c2ccc(C(C)(C)C)cc2)nc1C.CC(=O)O. The van der Waals surface area contributed by atoms with E-state index in [1.54, 1.807) is 25.1 Å². The summed E-state index contributed by atoms with van der Waals surface area (Å²) in [5, 5.41) is 19.3. The van der Waals surface area contributed by atoms with E-state index in [0.717, 1.165) is 35.0 Å². The number of carboxylic acids is 1. The summed E-state index contributed by atoms with van der Waals surface area (Å²) in [6, 6.07) is 21.5. The summed E-state index contributed by atoms with van der Waals surface area (Å²) >= 11 is 0.957. The molecule has 1 aromatic heterocycles. The second-order valence-electron chi connectivity index (χ2n) is 12.6. The summed E-state index contributed by atoms with van der Waals surface area (Å²) in [4.78, 5) is 55.1. The highest BCUT2D eigenvalue weighted by Gasteiger charge is 2.48. The van der Waals surface area contributed by atoms with Crippen LogP contribution in [0, 0.1) is 13.8 Å². The molecular weight excluding hydrogens is 657 g/mol. The lowest BCUT2D eigenvalue weighted by atomic mass is 9.85. The fourth-order valence-electron chi connectivity index (χ4n) is 5.23. The van der Waals surface area contributed by atoms with Crippen molar-refractivity contribution in [3.63, 3.8) is 0 Å². The molecule has 5 rings (SSSR count). The quantitative estimate of drug-likeness (QED) is 0.0592. The molecule has 1 atom stereocenters. The van der Waals surface area contributed by atoms with Crippen LogP contribution in [0.25, 0.3) is 5.76 Å². The molecule has 2 N–H and O–H groups in total. The van der Waals surface area contributed by atoms with Gasteiger partial charge in [-0.3, -0.25) is 19.3 Å². The van der Waals surface area contributed by atoms with Crippen molar-refractivity contribution < 1.29 is 38.9 Å². The molecule has 1 amide bonds. The summed E-state index contributed by atoms with van der Waals surface area (Å²) in [6.45, 7) is 14.8. The van der Waals surface area contributed by atoms with E-state index >= 15 is 0 Å². The minimum atomic E-state index is -0.995. The molecule has 260 valence electrons. The number of carbonyl (C=O) groups excluding carboxylic acids is 3. The van der Waals surface area contributed by atoms with Crippen LogP contribution in [-0.4, -0.2) is 45.4 Å². The number of aliphatic hydroxyl groups is 1. The highest BCUT2D eigenvalue weighted by atomic mass is 32.1. The average Bonchev–Trinajstić information content (AvgIpc) is 3.58. The molecule has 1 unspecified atom stereocenters. The predicted molar refractivity (Wildman–Crippen MR) is 193 cm³/mol. The number of carbonyl (C=O) groups is 4. The largest absolute Gasteiger partial charge is 0.507 e. The smallest absolute Gasteiger partial charge is 0.350 e. The second kappa shape index (κ2) is 15.8. The highest BCUT2D eigenvalue weighted by molar-refractivity contribution is 7.17. The van der Waals surface area contributed by atoms with Gasteiger partial charge in [0.2, 0.25) is 0 Å². The molecule has 1 aliphatic rings. The average molecular weight is 697 g/mol. The number of rotatable bonds is 9. The van der Waals surface area contributed by atoms with Crippen molar-refractivity contribution in [3.8, 4) is 5.75 Å². The number of benzene rings is 3. The van der Waals surface area contributed by atoms with Crippen molar-refractivity contribution in [1.82, 2.24) is 4.98 Å². The van der Waals surface area contributed by atoms with Gasteiger partial charge in [-0.2, -0.15) is 0 Å². The Morgan fingerprint density at radius 3 is 2.22 bits per heavy atom. The molecule has 11 heteroatoms. The number of aliphatic hydroxyl groups excluding tert-OH is 1. The number of esters is 1. The van der Waals surface area contributed by atoms with Crippen molar-refractivity contribution in [2.75, 3.05) is 11.5 Å². The summed E-state index contributed by atoms with van der Waals surface area (Å²) in [7, 11) is 0. The van der Waals surface area contributed by atoms with Crippen molar-refractivity contribution in [1.29, 1.82) is 0 Å². The van der Waals surface area contributed by atoms with E-state index in [1.165, 1.54) is 11.0 Å². The van der Waals surface area contributed by atoms with E-state index in [4.69, 9.17) is 19.4 Å². The Balaban J connectivity index is 0.00000133. The summed E-state index contributed by atoms with van der Waals surface area (Å²) in [6.07, 6.45) is 1.46. The zero-order valence-electron chi connectivity index (χ0n) is 28.9. The van der Waals surface area contributed by atoms with Gasteiger partial charge in [0.25, 0.3) is 11.8 Å². The van der Waals surface area contributed by atoms with Gasteiger partial charge < -0.3 is 19.7 Å². The van der Waals surface area contributed by atoms with E-state index in [1.807, 2.05) is 61.5 Å². The van der Waals surface area contributed by atoms with Crippen LogP contribution < -0.4 is 9.64 Å². The van der Waals surface area contributed by atoms with Gasteiger partial charge >= 0.3 is 11.9 Å². The Morgan fingerprint density at radius 1 is 1.00 bits per heavy atom. The molecule has 1 fully saturated rings. The molecule has 50 heavy (non-hydrogen) atoms. The normalized spacial score (nSPS) is 15.2. The van der Waals surface area contributed by atoms with Crippen molar-refractivity contribution in [2.45, 2.75) is 59.6 Å². The number of ketones is 1.